The van der Waals surface area contributed by atoms with Crippen molar-refractivity contribution in [2.75, 3.05) is 0 Å². The third kappa shape index (κ3) is 6.19. The molecule has 2 aromatic rings. The summed E-state index contributed by atoms with van der Waals surface area (Å²) < 4.78 is 0. The number of unbranched alkanes of at least 4 members (excludes halogenated alkanes) is 3. The largest absolute Gasteiger partial charge is 0.370 e. The summed E-state index contributed by atoms with van der Waals surface area (Å²) in [7, 11) is 0. The molecule has 0 spiro atoms. The van der Waals surface area contributed by atoms with Gasteiger partial charge in [0.25, 0.3) is 0 Å². The van der Waals surface area contributed by atoms with E-state index in [0.717, 1.165) is 19.3 Å². The van der Waals surface area contributed by atoms with Gasteiger partial charge in [-0.05, 0) is 54.4 Å². The molecule has 0 unspecified atom stereocenters. The molecule has 0 bridgehead atoms. The monoisotopic (exact) mass is 323 g/mol. The van der Waals surface area contributed by atoms with Crippen molar-refractivity contribution in [2.24, 2.45) is 5.73 Å². The highest BCUT2D eigenvalue weighted by Gasteiger charge is 2.01. The molecule has 0 saturated carbocycles. The van der Waals surface area contributed by atoms with Crippen LogP contribution in [0.15, 0.2) is 48.5 Å². The number of aryl methyl sites for hydroxylation is 2. The van der Waals surface area contributed by atoms with Gasteiger partial charge in [0, 0.05) is 6.42 Å². The molecule has 2 nitrogen and oxygen atoms in total. The quantitative estimate of drug-likeness (QED) is 0.594. The fourth-order valence-electron chi connectivity index (χ4n) is 2.94. The second kappa shape index (κ2) is 9.92. The molecule has 0 aliphatic carbocycles. The van der Waals surface area contributed by atoms with Gasteiger partial charge < -0.3 is 5.73 Å². The first-order valence-electron chi connectivity index (χ1n) is 9.15. The second-order valence-corrected chi connectivity index (χ2v) is 6.52. The van der Waals surface area contributed by atoms with E-state index in [0.29, 0.717) is 6.42 Å². The maximum Gasteiger partial charge on any atom is 0.217 e. The minimum atomic E-state index is -0.205. The lowest BCUT2D eigenvalue weighted by molar-refractivity contribution is -0.118. The number of carbonyl (C=O) groups excluding carboxylic acids is 1. The van der Waals surface area contributed by atoms with Gasteiger partial charge in [-0.15, -0.1) is 0 Å². The van der Waals surface area contributed by atoms with Gasteiger partial charge in [-0.1, -0.05) is 68.3 Å². The van der Waals surface area contributed by atoms with Gasteiger partial charge in [-0.3, -0.25) is 4.79 Å². The van der Waals surface area contributed by atoms with E-state index in [1.54, 1.807) is 0 Å². The van der Waals surface area contributed by atoms with E-state index in [1.165, 1.54) is 47.9 Å². The molecule has 0 aromatic heterocycles. The van der Waals surface area contributed by atoms with Crippen LogP contribution < -0.4 is 5.73 Å². The lowest BCUT2D eigenvalue weighted by atomic mass is 9.99. The SMILES string of the molecule is CCCCCc1ccc(-c2ccc(CCCCC(N)=O)cc2)cc1. The number of rotatable bonds is 10. The van der Waals surface area contributed by atoms with Crippen molar-refractivity contribution in [3.8, 4) is 11.1 Å². The van der Waals surface area contributed by atoms with Gasteiger partial charge >= 0.3 is 0 Å². The number of hydrogen-bond acceptors (Lipinski definition) is 1. The highest BCUT2D eigenvalue weighted by molar-refractivity contribution is 5.73. The highest BCUT2D eigenvalue weighted by atomic mass is 16.1. The molecule has 0 saturated heterocycles. The number of amides is 1. The Balaban J connectivity index is 1.87. The van der Waals surface area contributed by atoms with E-state index in [2.05, 4.69) is 55.5 Å². The van der Waals surface area contributed by atoms with Crippen molar-refractivity contribution in [2.45, 2.75) is 58.3 Å². The molecule has 2 N–H and O–H groups in total. The number of benzene rings is 2. The molecule has 24 heavy (non-hydrogen) atoms. The zero-order valence-corrected chi connectivity index (χ0v) is 14.8. The maximum atomic E-state index is 10.7. The van der Waals surface area contributed by atoms with Crippen LogP contribution in [0.2, 0.25) is 0 Å². The van der Waals surface area contributed by atoms with Crippen molar-refractivity contribution >= 4 is 5.91 Å². The highest BCUT2D eigenvalue weighted by Crippen LogP contribution is 2.21. The summed E-state index contributed by atoms with van der Waals surface area (Å²) in [6.07, 6.45) is 8.41. The van der Waals surface area contributed by atoms with E-state index >= 15 is 0 Å². The van der Waals surface area contributed by atoms with Crippen molar-refractivity contribution in [1.29, 1.82) is 0 Å². The predicted octanol–water partition coefficient (Wildman–Crippen LogP) is 5.28. The summed E-state index contributed by atoms with van der Waals surface area (Å²) in [5.74, 6) is -0.205. The summed E-state index contributed by atoms with van der Waals surface area (Å²) in [5.41, 5.74) is 10.4. The zero-order chi connectivity index (χ0) is 17.2. The molecule has 2 aromatic carbocycles. The topological polar surface area (TPSA) is 43.1 Å². The minimum absolute atomic E-state index is 0.205. The van der Waals surface area contributed by atoms with Crippen molar-refractivity contribution in [3.05, 3.63) is 59.7 Å². The Kier molecular flexibility index (Phi) is 7.54. The Hall–Kier alpha value is -2.09. The van der Waals surface area contributed by atoms with Crippen LogP contribution in [0.5, 0.6) is 0 Å². The van der Waals surface area contributed by atoms with E-state index in [1.807, 2.05) is 0 Å². The molecule has 0 atom stereocenters. The van der Waals surface area contributed by atoms with E-state index in [9.17, 15) is 4.79 Å². The molecule has 0 heterocycles. The van der Waals surface area contributed by atoms with Crippen LogP contribution in [0, 0.1) is 0 Å². The second-order valence-electron chi connectivity index (χ2n) is 6.52. The first-order chi connectivity index (χ1) is 11.7. The van der Waals surface area contributed by atoms with Gasteiger partial charge in [-0.2, -0.15) is 0 Å². The Morgan fingerprint density at radius 2 is 1.21 bits per heavy atom. The Labute approximate surface area is 146 Å². The number of hydrogen-bond donors (Lipinski definition) is 1. The normalized spacial score (nSPS) is 10.7. The van der Waals surface area contributed by atoms with Gasteiger partial charge in [0.2, 0.25) is 5.91 Å². The smallest absolute Gasteiger partial charge is 0.217 e. The fourth-order valence-corrected chi connectivity index (χ4v) is 2.94. The third-order valence-corrected chi connectivity index (χ3v) is 4.45. The molecular formula is C22H29NO. The van der Waals surface area contributed by atoms with Gasteiger partial charge in [-0.25, -0.2) is 0 Å². The van der Waals surface area contributed by atoms with Crippen LogP contribution in [0.1, 0.15) is 56.6 Å². The summed E-state index contributed by atoms with van der Waals surface area (Å²) in [6, 6.07) is 17.7. The summed E-state index contributed by atoms with van der Waals surface area (Å²) in [4.78, 5) is 10.7. The lowest BCUT2D eigenvalue weighted by Gasteiger charge is -2.06. The molecule has 2 heteroatoms. The van der Waals surface area contributed by atoms with Crippen LogP contribution in [-0.2, 0) is 17.6 Å². The van der Waals surface area contributed by atoms with Crippen LogP contribution >= 0.6 is 0 Å². The van der Waals surface area contributed by atoms with E-state index in [4.69, 9.17) is 5.73 Å². The number of carbonyl (C=O) groups is 1. The molecular weight excluding hydrogens is 294 g/mol. The lowest BCUT2D eigenvalue weighted by Crippen LogP contribution is -2.09. The first-order valence-corrected chi connectivity index (χ1v) is 9.15. The summed E-state index contributed by atoms with van der Waals surface area (Å²) >= 11 is 0. The molecule has 0 aliphatic heterocycles. The standard InChI is InChI=1S/C22H29NO/c1-2-3-4-7-18-10-14-20(15-11-18)21-16-12-19(13-17-21)8-5-6-9-22(23)24/h10-17H,2-9H2,1H3,(H2,23,24). The van der Waals surface area contributed by atoms with Crippen LogP contribution in [0.25, 0.3) is 11.1 Å². The van der Waals surface area contributed by atoms with Gasteiger partial charge in [0.1, 0.15) is 0 Å². The van der Waals surface area contributed by atoms with Crippen LogP contribution in [-0.4, -0.2) is 5.91 Å². The van der Waals surface area contributed by atoms with Crippen molar-refractivity contribution in [1.82, 2.24) is 0 Å². The molecule has 2 rings (SSSR count). The average Bonchev–Trinajstić information content (AvgIpc) is 2.60. The zero-order valence-electron chi connectivity index (χ0n) is 14.8. The summed E-state index contributed by atoms with van der Waals surface area (Å²) in [6.45, 7) is 2.24. The van der Waals surface area contributed by atoms with Crippen molar-refractivity contribution in [3.63, 3.8) is 0 Å². The molecule has 0 radical (unpaired) electrons. The van der Waals surface area contributed by atoms with Crippen LogP contribution in [0.4, 0.5) is 0 Å². The summed E-state index contributed by atoms with van der Waals surface area (Å²) in [5, 5.41) is 0. The van der Waals surface area contributed by atoms with Crippen molar-refractivity contribution < 1.29 is 4.79 Å². The Morgan fingerprint density at radius 3 is 1.62 bits per heavy atom. The number of primary amides is 1. The van der Waals surface area contributed by atoms with Crippen LogP contribution in [0.3, 0.4) is 0 Å². The molecule has 128 valence electrons. The minimum Gasteiger partial charge on any atom is -0.370 e. The van der Waals surface area contributed by atoms with Gasteiger partial charge in [0.15, 0.2) is 0 Å². The molecule has 1 amide bonds. The maximum absolute atomic E-state index is 10.7. The molecule has 0 fully saturated rings. The van der Waals surface area contributed by atoms with E-state index in [-0.39, 0.29) is 5.91 Å². The predicted molar refractivity (Wildman–Crippen MR) is 102 cm³/mol. The van der Waals surface area contributed by atoms with E-state index < -0.39 is 0 Å². The fraction of sp³-hybridized carbons (Fsp3) is 0.409. The van der Waals surface area contributed by atoms with Gasteiger partial charge in [0.05, 0.1) is 0 Å². The third-order valence-electron chi connectivity index (χ3n) is 4.45. The molecule has 0 aliphatic rings. The Morgan fingerprint density at radius 1 is 0.750 bits per heavy atom. The first kappa shape index (κ1) is 18.3. The average molecular weight is 323 g/mol. The Bertz CT molecular complexity index is 613. The number of nitrogens with two attached hydrogens (primary N) is 1.